The Labute approximate surface area is 279 Å². The number of hydrogen-bond acceptors (Lipinski definition) is 6. The fraction of sp³-hybridized carbons (Fsp3) is 0.611. The van der Waals surface area contributed by atoms with Crippen LogP contribution in [0.1, 0.15) is 67.1 Å². The molecule has 4 saturated heterocycles. The number of carbonyl (C=O) groups excluding carboxylic acids is 1. The van der Waals surface area contributed by atoms with Crippen LogP contribution in [0.25, 0.3) is 0 Å². The van der Waals surface area contributed by atoms with Gasteiger partial charge in [-0.25, -0.2) is 4.39 Å². The Balaban J connectivity index is 1.19. The number of aliphatic carboxylic acids is 1. The Kier molecular flexibility index (Phi) is 10.2. The summed E-state index contributed by atoms with van der Waals surface area (Å²) >= 11 is 0. The second-order valence-corrected chi connectivity index (χ2v) is 13.9. The van der Waals surface area contributed by atoms with E-state index in [4.69, 9.17) is 9.47 Å². The summed E-state index contributed by atoms with van der Waals surface area (Å²) in [6.45, 7) is 3.82. The molecule has 1 amide bonds. The lowest BCUT2D eigenvalue weighted by molar-refractivity contribution is -0.145. The maximum atomic E-state index is 17.4. The molecule has 0 bridgehead atoms. The third-order valence-corrected chi connectivity index (χ3v) is 10.9. The maximum Gasteiger partial charge on any atom is 0.416 e. The van der Waals surface area contributed by atoms with Gasteiger partial charge in [0.15, 0.2) is 0 Å². The number of ether oxygens (including phenoxy) is 2. The zero-order valence-corrected chi connectivity index (χ0v) is 27.4. The van der Waals surface area contributed by atoms with Crippen LogP contribution >= 0.6 is 0 Å². The summed E-state index contributed by atoms with van der Waals surface area (Å²) in [5.74, 6) is -1.65. The third kappa shape index (κ3) is 7.29. The molecule has 6 rings (SSSR count). The summed E-state index contributed by atoms with van der Waals surface area (Å²) < 4.78 is 69.5. The van der Waals surface area contributed by atoms with Gasteiger partial charge in [-0.05, 0) is 85.8 Å². The van der Waals surface area contributed by atoms with Crippen LogP contribution in [0.4, 0.5) is 23.2 Å². The molecule has 262 valence electrons. The highest BCUT2D eigenvalue weighted by molar-refractivity contribution is 5.87. The van der Waals surface area contributed by atoms with E-state index in [1.165, 1.54) is 12.1 Å². The van der Waals surface area contributed by atoms with Crippen molar-refractivity contribution in [2.75, 3.05) is 71.0 Å². The van der Waals surface area contributed by atoms with Crippen molar-refractivity contribution in [2.45, 2.75) is 62.2 Å². The lowest BCUT2D eigenvalue weighted by atomic mass is 9.83. The molecule has 12 heteroatoms. The van der Waals surface area contributed by atoms with Gasteiger partial charge in [-0.1, -0.05) is 18.2 Å². The third-order valence-electron chi connectivity index (χ3n) is 10.9. The number of likely N-dealkylation sites (tertiary alicyclic amines) is 2. The molecule has 1 N–H and O–H groups in total. The number of piperidine rings is 2. The first-order chi connectivity index (χ1) is 23.0. The average Bonchev–Trinajstić information content (AvgIpc) is 3.44. The van der Waals surface area contributed by atoms with E-state index in [0.717, 1.165) is 30.0 Å². The number of carboxylic acid groups (broad SMARTS) is 1. The molecule has 0 unspecified atom stereocenters. The first-order valence-electron chi connectivity index (χ1n) is 17.1. The van der Waals surface area contributed by atoms with Crippen molar-refractivity contribution in [3.05, 3.63) is 59.2 Å². The molecule has 2 aromatic rings. The van der Waals surface area contributed by atoms with E-state index < -0.39 is 41.1 Å². The standard InChI is InChI=1S/C36H45F4N3O5/c1-47-29-5-2-26(3-6-29)31-22-41(21-24-12-18-48-19-13-24)23-35(31,37)34(46)43-16-8-25(9-17-43)30-7-4-28(36(38,39)40)20-32(30)42-14-10-27(11-15-42)33(44)45/h2-7,20,24-25,27,31H,8-19,21-23H2,1H3,(H,44,45)/t31-,35-/m0/s1. The second kappa shape index (κ2) is 14.2. The Morgan fingerprint density at radius 1 is 0.958 bits per heavy atom. The molecule has 0 spiro atoms. The van der Waals surface area contributed by atoms with Crippen molar-refractivity contribution < 1.29 is 41.7 Å². The van der Waals surface area contributed by atoms with Gasteiger partial charge in [0.25, 0.3) is 5.91 Å². The maximum absolute atomic E-state index is 17.4. The van der Waals surface area contributed by atoms with E-state index in [1.807, 2.05) is 17.0 Å². The first-order valence-corrected chi connectivity index (χ1v) is 17.1. The van der Waals surface area contributed by atoms with Crippen molar-refractivity contribution in [2.24, 2.45) is 11.8 Å². The Morgan fingerprint density at radius 2 is 1.62 bits per heavy atom. The van der Waals surface area contributed by atoms with Crippen molar-refractivity contribution in [3.63, 3.8) is 0 Å². The number of methoxy groups -OCH3 is 1. The van der Waals surface area contributed by atoms with E-state index in [2.05, 4.69) is 4.90 Å². The minimum Gasteiger partial charge on any atom is -0.497 e. The van der Waals surface area contributed by atoms with Gasteiger partial charge in [0.05, 0.1) is 18.6 Å². The van der Waals surface area contributed by atoms with Gasteiger partial charge in [-0.2, -0.15) is 13.2 Å². The highest BCUT2D eigenvalue weighted by Crippen LogP contribution is 2.44. The zero-order valence-electron chi connectivity index (χ0n) is 27.4. The summed E-state index contributed by atoms with van der Waals surface area (Å²) in [5, 5.41) is 9.42. The molecule has 4 aliphatic heterocycles. The van der Waals surface area contributed by atoms with Crippen molar-refractivity contribution in [1.29, 1.82) is 0 Å². The molecule has 4 heterocycles. The van der Waals surface area contributed by atoms with Crippen LogP contribution < -0.4 is 9.64 Å². The molecule has 4 fully saturated rings. The van der Waals surface area contributed by atoms with Gasteiger partial charge in [0, 0.05) is 70.6 Å². The summed E-state index contributed by atoms with van der Waals surface area (Å²) in [5.41, 5.74) is -0.889. The molecule has 48 heavy (non-hydrogen) atoms. The molecule has 2 aromatic carbocycles. The van der Waals surface area contributed by atoms with Crippen LogP contribution in [-0.4, -0.2) is 98.6 Å². The lowest BCUT2D eigenvalue weighted by Gasteiger charge is -2.39. The number of halogens is 4. The monoisotopic (exact) mass is 675 g/mol. The molecule has 0 aromatic heterocycles. The predicted molar refractivity (Wildman–Crippen MR) is 172 cm³/mol. The molecule has 0 saturated carbocycles. The van der Waals surface area contributed by atoms with Gasteiger partial charge < -0.3 is 24.4 Å². The molecule has 8 nitrogen and oxygen atoms in total. The SMILES string of the molecule is COc1ccc([C@@H]2CN(CC3CCOCC3)C[C@@]2(F)C(=O)N2CCC(c3ccc(C(F)(F)F)cc3N3CCC(C(=O)O)CC3)CC2)cc1. The van der Waals surface area contributed by atoms with Crippen LogP contribution in [0.3, 0.4) is 0 Å². The van der Waals surface area contributed by atoms with E-state index in [-0.39, 0.29) is 12.5 Å². The average molecular weight is 676 g/mol. The number of rotatable bonds is 8. The highest BCUT2D eigenvalue weighted by atomic mass is 19.4. The zero-order chi connectivity index (χ0) is 34.1. The number of alkyl halides is 4. The highest BCUT2D eigenvalue weighted by Gasteiger charge is 2.55. The summed E-state index contributed by atoms with van der Waals surface area (Å²) in [7, 11) is 1.57. The number of nitrogens with zero attached hydrogens (tertiary/aromatic N) is 3. The predicted octanol–water partition coefficient (Wildman–Crippen LogP) is 5.96. The second-order valence-electron chi connectivity index (χ2n) is 13.9. The van der Waals surface area contributed by atoms with E-state index in [9.17, 15) is 27.9 Å². The van der Waals surface area contributed by atoms with E-state index >= 15 is 4.39 Å². The Bertz CT molecular complexity index is 1430. The molecular formula is C36H45F4N3O5. The molecule has 0 radical (unpaired) electrons. The lowest BCUT2D eigenvalue weighted by Crippen LogP contribution is -2.52. The minimum atomic E-state index is -4.52. The number of hydrogen-bond donors (Lipinski definition) is 1. The Morgan fingerprint density at radius 3 is 2.23 bits per heavy atom. The van der Waals surface area contributed by atoms with E-state index in [0.29, 0.717) is 95.5 Å². The minimum absolute atomic E-state index is 0.00909. The molecular weight excluding hydrogens is 630 g/mol. The summed E-state index contributed by atoms with van der Waals surface area (Å²) in [6, 6.07) is 11.1. The number of anilines is 1. The Hall–Kier alpha value is -3.38. The number of carboxylic acids is 1. The van der Waals surface area contributed by atoms with Crippen LogP contribution in [0, 0.1) is 11.8 Å². The summed E-state index contributed by atoms with van der Waals surface area (Å²) in [4.78, 5) is 31.2. The largest absolute Gasteiger partial charge is 0.497 e. The molecule has 0 aliphatic carbocycles. The van der Waals surface area contributed by atoms with Crippen LogP contribution in [0.15, 0.2) is 42.5 Å². The summed E-state index contributed by atoms with van der Waals surface area (Å²) in [6.07, 6.45) is -0.995. The number of carbonyl (C=O) groups is 2. The molecule has 2 atom stereocenters. The number of benzene rings is 2. The van der Waals surface area contributed by atoms with Gasteiger partial charge in [0.1, 0.15) is 5.75 Å². The van der Waals surface area contributed by atoms with E-state index in [1.54, 1.807) is 24.1 Å². The molecule has 4 aliphatic rings. The normalized spacial score (nSPS) is 25.4. The topological polar surface area (TPSA) is 82.6 Å². The fourth-order valence-electron chi connectivity index (χ4n) is 8.12. The van der Waals surface area contributed by atoms with Crippen molar-refractivity contribution in [3.8, 4) is 5.75 Å². The fourth-order valence-corrected chi connectivity index (χ4v) is 8.12. The van der Waals surface area contributed by atoms with Crippen LogP contribution in [-0.2, 0) is 20.5 Å². The smallest absolute Gasteiger partial charge is 0.416 e. The number of amides is 1. The van der Waals surface area contributed by atoms with Gasteiger partial charge in [0.2, 0.25) is 5.67 Å². The van der Waals surface area contributed by atoms with Crippen LogP contribution in [0.5, 0.6) is 5.75 Å². The van der Waals surface area contributed by atoms with Gasteiger partial charge >= 0.3 is 12.1 Å². The van der Waals surface area contributed by atoms with Crippen molar-refractivity contribution >= 4 is 17.6 Å². The quantitative estimate of drug-likeness (QED) is 0.346. The van der Waals surface area contributed by atoms with Crippen LogP contribution in [0.2, 0.25) is 0 Å². The van der Waals surface area contributed by atoms with Gasteiger partial charge in [-0.15, -0.1) is 0 Å². The first kappa shape index (κ1) is 34.5. The van der Waals surface area contributed by atoms with Gasteiger partial charge in [-0.3, -0.25) is 14.5 Å². The van der Waals surface area contributed by atoms with Crippen molar-refractivity contribution in [1.82, 2.24) is 9.80 Å².